The van der Waals surface area contributed by atoms with Gasteiger partial charge in [-0.3, -0.25) is 4.90 Å². The van der Waals surface area contributed by atoms with Crippen LogP contribution in [-0.4, -0.2) is 51.4 Å². The molecule has 1 atom stereocenters. The van der Waals surface area contributed by atoms with E-state index in [-0.39, 0.29) is 0 Å². The Kier molecular flexibility index (Phi) is 7.00. The summed E-state index contributed by atoms with van der Waals surface area (Å²) in [6, 6.07) is 9.07. The van der Waals surface area contributed by atoms with E-state index in [9.17, 15) is 0 Å². The maximum absolute atomic E-state index is 5.22. The van der Waals surface area contributed by atoms with Crippen molar-refractivity contribution >= 4 is 0 Å². The highest BCUT2D eigenvalue weighted by molar-refractivity contribution is 5.27. The van der Waals surface area contributed by atoms with Gasteiger partial charge in [-0.2, -0.15) is 0 Å². The van der Waals surface area contributed by atoms with Gasteiger partial charge in [-0.05, 0) is 37.1 Å². The molecule has 1 unspecified atom stereocenters. The molecule has 4 heteroatoms. The third kappa shape index (κ3) is 5.30. The van der Waals surface area contributed by atoms with Crippen molar-refractivity contribution in [3.05, 3.63) is 29.8 Å². The highest BCUT2D eigenvalue weighted by Crippen LogP contribution is 2.20. The van der Waals surface area contributed by atoms with Crippen molar-refractivity contribution in [1.29, 1.82) is 0 Å². The number of hydrogen-bond acceptors (Lipinski definition) is 4. The number of piperidine rings is 1. The van der Waals surface area contributed by atoms with Gasteiger partial charge in [-0.25, -0.2) is 0 Å². The van der Waals surface area contributed by atoms with Gasteiger partial charge in [0.15, 0.2) is 0 Å². The van der Waals surface area contributed by atoms with E-state index in [1.807, 2.05) is 12.1 Å². The lowest BCUT2D eigenvalue weighted by Gasteiger charge is -2.36. The Labute approximate surface area is 128 Å². The number of nitrogens with zero attached hydrogens (tertiary/aromatic N) is 1. The summed E-state index contributed by atoms with van der Waals surface area (Å²) in [5.41, 5.74) is 1.36. The number of hydrogen-bond donors (Lipinski definition) is 1. The minimum absolute atomic E-state index is 0.637. The number of nitrogens with one attached hydrogen (secondary N) is 1. The molecule has 21 heavy (non-hydrogen) atoms. The standard InChI is InChI=1S/C17H28N2O2/c1-20-12-10-18-13-16-5-3-4-11-19(16)14-15-6-8-17(21-2)9-7-15/h6-9,16,18H,3-5,10-14H2,1-2H3. The van der Waals surface area contributed by atoms with E-state index in [1.54, 1.807) is 14.2 Å². The highest BCUT2D eigenvalue weighted by Gasteiger charge is 2.21. The molecule has 1 N–H and O–H groups in total. The van der Waals surface area contributed by atoms with Gasteiger partial charge < -0.3 is 14.8 Å². The Morgan fingerprint density at radius 2 is 2.00 bits per heavy atom. The average molecular weight is 292 g/mol. The fraction of sp³-hybridized carbons (Fsp3) is 0.647. The quantitative estimate of drug-likeness (QED) is 0.745. The predicted octanol–water partition coefficient (Wildman–Crippen LogP) is 2.29. The van der Waals surface area contributed by atoms with Crippen LogP contribution in [0.3, 0.4) is 0 Å². The second-order valence-electron chi connectivity index (χ2n) is 5.67. The van der Waals surface area contributed by atoms with E-state index in [4.69, 9.17) is 9.47 Å². The smallest absolute Gasteiger partial charge is 0.118 e. The number of methoxy groups -OCH3 is 2. The van der Waals surface area contributed by atoms with Crippen molar-refractivity contribution in [3.63, 3.8) is 0 Å². The molecule has 0 saturated carbocycles. The Morgan fingerprint density at radius 3 is 2.71 bits per heavy atom. The van der Waals surface area contributed by atoms with E-state index >= 15 is 0 Å². The van der Waals surface area contributed by atoms with Crippen LogP contribution in [0.15, 0.2) is 24.3 Å². The first-order valence-corrected chi connectivity index (χ1v) is 7.90. The van der Waals surface area contributed by atoms with E-state index in [1.165, 1.54) is 31.4 Å². The second kappa shape index (κ2) is 9.03. The Morgan fingerprint density at radius 1 is 1.19 bits per heavy atom. The Bertz CT molecular complexity index is 394. The summed E-state index contributed by atoms with van der Waals surface area (Å²) in [6.45, 7) is 5.00. The van der Waals surface area contributed by atoms with Crippen molar-refractivity contribution in [2.45, 2.75) is 31.8 Å². The van der Waals surface area contributed by atoms with Gasteiger partial charge in [-0.1, -0.05) is 18.6 Å². The van der Waals surface area contributed by atoms with Gasteiger partial charge in [0, 0.05) is 32.8 Å². The number of likely N-dealkylation sites (tertiary alicyclic amines) is 1. The SMILES string of the molecule is COCCNCC1CCCCN1Cc1ccc(OC)cc1. The molecule has 118 valence electrons. The summed E-state index contributed by atoms with van der Waals surface area (Å²) in [7, 11) is 3.46. The first-order valence-electron chi connectivity index (χ1n) is 7.90. The second-order valence-corrected chi connectivity index (χ2v) is 5.67. The van der Waals surface area contributed by atoms with E-state index < -0.39 is 0 Å². The molecule has 1 fully saturated rings. The molecular formula is C17H28N2O2. The topological polar surface area (TPSA) is 33.7 Å². The maximum atomic E-state index is 5.22. The van der Waals surface area contributed by atoms with Gasteiger partial charge >= 0.3 is 0 Å². The first-order chi connectivity index (χ1) is 10.3. The van der Waals surface area contributed by atoms with Crippen molar-refractivity contribution in [2.24, 2.45) is 0 Å². The van der Waals surface area contributed by atoms with Gasteiger partial charge in [0.2, 0.25) is 0 Å². The van der Waals surface area contributed by atoms with Crippen LogP contribution in [0.5, 0.6) is 5.75 Å². The molecular weight excluding hydrogens is 264 g/mol. The monoisotopic (exact) mass is 292 g/mol. The first kappa shape index (κ1) is 16.3. The van der Waals surface area contributed by atoms with E-state index in [0.717, 1.165) is 32.0 Å². The van der Waals surface area contributed by atoms with Crippen LogP contribution >= 0.6 is 0 Å². The third-order valence-electron chi connectivity index (χ3n) is 4.16. The van der Waals surface area contributed by atoms with Crippen LogP contribution in [0, 0.1) is 0 Å². The van der Waals surface area contributed by atoms with E-state index in [2.05, 4.69) is 22.3 Å². The summed E-state index contributed by atoms with van der Waals surface area (Å²) >= 11 is 0. The summed E-state index contributed by atoms with van der Waals surface area (Å²) < 4.78 is 10.3. The van der Waals surface area contributed by atoms with Gasteiger partial charge in [-0.15, -0.1) is 0 Å². The molecule has 0 bridgehead atoms. The normalized spacial score (nSPS) is 19.6. The zero-order valence-corrected chi connectivity index (χ0v) is 13.3. The molecule has 0 aliphatic carbocycles. The number of ether oxygens (including phenoxy) is 2. The minimum atomic E-state index is 0.637. The fourth-order valence-corrected chi connectivity index (χ4v) is 2.91. The lowest BCUT2D eigenvalue weighted by atomic mass is 10.0. The van der Waals surface area contributed by atoms with Gasteiger partial charge in [0.1, 0.15) is 5.75 Å². The van der Waals surface area contributed by atoms with Crippen molar-refractivity contribution in [2.75, 3.05) is 40.5 Å². The average Bonchev–Trinajstić information content (AvgIpc) is 2.54. The molecule has 0 amide bonds. The molecule has 1 aliphatic rings. The molecule has 1 saturated heterocycles. The van der Waals surface area contributed by atoms with Crippen LogP contribution in [0.1, 0.15) is 24.8 Å². The predicted molar refractivity (Wildman–Crippen MR) is 85.8 cm³/mol. The van der Waals surface area contributed by atoms with Crippen LogP contribution in [0.25, 0.3) is 0 Å². The lowest BCUT2D eigenvalue weighted by Crippen LogP contribution is -2.45. The van der Waals surface area contributed by atoms with Gasteiger partial charge in [0.05, 0.1) is 13.7 Å². The summed E-state index contributed by atoms with van der Waals surface area (Å²) in [5.74, 6) is 0.926. The zero-order valence-electron chi connectivity index (χ0n) is 13.3. The Hall–Kier alpha value is -1.10. The van der Waals surface area contributed by atoms with Crippen molar-refractivity contribution in [3.8, 4) is 5.75 Å². The molecule has 1 aromatic rings. The molecule has 4 nitrogen and oxygen atoms in total. The van der Waals surface area contributed by atoms with Gasteiger partial charge in [0.25, 0.3) is 0 Å². The summed E-state index contributed by atoms with van der Waals surface area (Å²) in [6.07, 6.45) is 3.94. The number of benzene rings is 1. The van der Waals surface area contributed by atoms with Crippen molar-refractivity contribution in [1.82, 2.24) is 10.2 Å². The van der Waals surface area contributed by atoms with E-state index in [0.29, 0.717) is 6.04 Å². The summed E-state index contributed by atoms with van der Waals surface area (Å²) in [5, 5.41) is 3.50. The maximum Gasteiger partial charge on any atom is 0.118 e. The molecule has 1 heterocycles. The van der Waals surface area contributed by atoms with Crippen LogP contribution in [0.4, 0.5) is 0 Å². The molecule has 0 radical (unpaired) electrons. The highest BCUT2D eigenvalue weighted by atomic mass is 16.5. The molecule has 1 aliphatic heterocycles. The molecule has 1 aromatic carbocycles. The van der Waals surface area contributed by atoms with Crippen molar-refractivity contribution < 1.29 is 9.47 Å². The Balaban J connectivity index is 1.85. The largest absolute Gasteiger partial charge is 0.497 e. The number of rotatable bonds is 8. The molecule has 0 spiro atoms. The van der Waals surface area contributed by atoms with Crippen LogP contribution < -0.4 is 10.1 Å². The molecule has 0 aromatic heterocycles. The fourth-order valence-electron chi connectivity index (χ4n) is 2.91. The zero-order chi connectivity index (χ0) is 14.9. The third-order valence-corrected chi connectivity index (χ3v) is 4.16. The summed E-state index contributed by atoms with van der Waals surface area (Å²) in [4.78, 5) is 2.60. The minimum Gasteiger partial charge on any atom is -0.497 e. The molecule has 2 rings (SSSR count). The van der Waals surface area contributed by atoms with Crippen LogP contribution in [0.2, 0.25) is 0 Å². The van der Waals surface area contributed by atoms with Crippen LogP contribution in [-0.2, 0) is 11.3 Å². The lowest BCUT2D eigenvalue weighted by molar-refractivity contribution is 0.133.